The van der Waals surface area contributed by atoms with Crippen molar-refractivity contribution in [2.45, 2.75) is 70.9 Å². The molecule has 3 rings (SSSR count). The van der Waals surface area contributed by atoms with Gasteiger partial charge in [0.1, 0.15) is 6.04 Å². The van der Waals surface area contributed by atoms with Crippen LogP contribution in [0.25, 0.3) is 0 Å². The molecule has 0 aromatic rings. The van der Waals surface area contributed by atoms with Gasteiger partial charge in [0.15, 0.2) is 0 Å². The van der Waals surface area contributed by atoms with E-state index in [1.807, 2.05) is 23.6 Å². The van der Waals surface area contributed by atoms with Crippen LogP contribution in [0.15, 0.2) is 0 Å². The van der Waals surface area contributed by atoms with E-state index < -0.39 is 0 Å². The molecular formula is C21H36N4O3. The van der Waals surface area contributed by atoms with E-state index in [9.17, 15) is 14.4 Å². The maximum absolute atomic E-state index is 13.1. The van der Waals surface area contributed by atoms with Gasteiger partial charge in [0.2, 0.25) is 17.7 Å². The molecule has 0 radical (unpaired) electrons. The molecule has 1 saturated carbocycles. The van der Waals surface area contributed by atoms with Crippen LogP contribution in [0, 0.1) is 5.92 Å². The summed E-state index contributed by atoms with van der Waals surface area (Å²) >= 11 is 0. The third-order valence-electron chi connectivity index (χ3n) is 6.28. The van der Waals surface area contributed by atoms with Crippen LogP contribution in [-0.4, -0.2) is 83.8 Å². The van der Waals surface area contributed by atoms with E-state index in [1.165, 1.54) is 6.42 Å². The fourth-order valence-electron chi connectivity index (χ4n) is 4.78. The van der Waals surface area contributed by atoms with Gasteiger partial charge < -0.3 is 15.1 Å². The number of nitrogens with one attached hydrogen (secondary N) is 1. The van der Waals surface area contributed by atoms with Gasteiger partial charge in [0, 0.05) is 44.7 Å². The van der Waals surface area contributed by atoms with Crippen molar-refractivity contribution >= 4 is 17.7 Å². The second-order valence-corrected chi connectivity index (χ2v) is 8.85. The highest BCUT2D eigenvalue weighted by atomic mass is 16.2. The molecule has 0 bridgehead atoms. The first-order valence-electron chi connectivity index (χ1n) is 11.1. The SMILES string of the molecule is CC(C)NC(=O)CN1CCN(C(=O)C2CCCN2C(=O)C2CCCCC2)CC1. The largest absolute Gasteiger partial charge is 0.353 e. The Labute approximate surface area is 168 Å². The number of carbonyl (C=O) groups excluding carboxylic acids is 3. The lowest BCUT2D eigenvalue weighted by atomic mass is 9.88. The van der Waals surface area contributed by atoms with Crippen molar-refractivity contribution in [1.29, 1.82) is 0 Å². The Bertz CT molecular complexity index is 566. The molecule has 3 fully saturated rings. The maximum Gasteiger partial charge on any atom is 0.245 e. The van der Waals surface area contributed by atoms with Gasteiger partial charge in [-0.1, -0.05) is 19.3 Å². The second kappa shape index (κ2) is 9.72. The van der Waals surface area contributed by atoms with Crippen LogP contribution in [0.1, 0.15) is 58.8 Å². The van der Waals surface area contributed by atoms with Crippen LogP contribution in [0.2, 0.25) is 0 Å². The summed E-state index contributed by atoms with van der Waals surface area (Å²) < 4.78 is 0. The Morgan fingerprint density at radius 3 is 2.18 bits per heavy atom. The minimum absolute atomic E-state index is 0.0369. The van der Waals surface area contributed by atoms with E-state index in [-0.39, 0.29) is 35.7 Å². The van der Waals surface area contributed by atoms with E-state index in [1.54, 1.807) is 0 Å². The first-order chi connectivity index (χ1) is 13.5. The van der Waals surface area contributed by atoms with Crippen LogP contribution >= 0.6 is 0 Å². The van der Waals surface area contributed by atoms with E-state index in [4.69, 9.17) is 0 Å². The quantitative estimate of drug-likeness (QED) is 0.764. The number of rotatable bonds is 5. The molecule has 2 aliphatic heterocycles. The zero-order valence-electron chi connectivity index (χ0n) is 17.5. The zero-order chi connectivity index (χ0) is 20.1. The van der Waals surface area contributed by atoms with Crippen LogP contribution in [-0.2, 0) is 14.4 Å². The number of amides is 3. The molecule has 2 heterocycles. The highest BCUT2D eigenvalue weighted by Gasteiger charge is 2.39. The van der Waals surface area contributed by atoms with Crippen molar-refractivity contribution in [1.82, 2.24) is 20.0 Å². The third-order valence-corrected chi connectivity index (χ3v) is 6.28. The average Bonchev–Trinajstić information content (AvgIpc) is 3.17. The molecule has 3 aliphatic rings. The lowest BCUT2D eigenvalue weighted by Gasteiger charge is -2.38. The lowest BCUT2D eigenvalue weighted by Crippen LogP contribution is -2.56. The van der Waals surface area contributed by atoms with E-state index >= 15 is 0 Å². The average molecular weight is 393 g/mol. The van der Waals surface area contributed by atoms with Crippen molar-refractivity contribution in [2.75, 3.05) is 39.3 Å². The maximum atomic E-state index is 13.1. The molecule has 1 N–H and O–H groups in total. The third kappa shape index (κ3) is 5.25. The van der Waals surface area contributed by atoms with Gasteiger partial charge in [-0.25, -0.2) is 0 Å². The molecule has 28 heavy (non-hydrogen) atoms. The highest BCUT2D eigenvalue weighted by Crippen LogP contribution is 2.29. The molecule has 1 unspecified atom stereocenters. The molecule has 7 heteroatoms. The summed E-state index contributed by atoms with van der Waals surface area (Å²) in [5.74, 6) is 0.473. The van der Waals surface area contributed by atoms with Crippen molar-refractivity contribution in [3.63, 3.8) is 0 Å². The van der Waals surface area contributed by atoms with E-state index in [0.29, 0.717) is 32.7 Å². The standard InChI is InChI=1S/C21H36N4O3/c1-16(2)22-19(26)15-23-11-13-24(14-12-23)21(28)18-9-6-10-25(18)20(27)17-7-4-3-5-8-17/h16-18H,3-15H2,1-2H3,(H,22,26). The van der Waals surface area contributed by atoms with Gasteiger partial charge in [-0.3, -0.25) is 19.3 Å². The molecule has 3 amide bonds. The first kappa shape index (κ1) is 21.1. The van der Waals surface area contributed by atoms with Gasteiger partial charge in [-0.05, 0) is 39.5 Å². The number of carbonyl (C=O) groups is 3. The molecule has 158 valence electrons. The van der Waals surface area contributed by atoms with Gasteiger partial charge in [0.05, 0.1) is 6.54 Å². The lowest BCUT2D eigenvalue weighted by molar-refractivity contribution is -0.147. The van der Waals surface area contributed by atoms with Gasteiger partial charge in [-0.2, -0.15) is 0 Å². The molecule has 0 aromatic carbocycles. The zero-order valence-corrected chi connectivity index (χ0v) is 17.5. The normalized spacial score (nSPS) is 24.6. The first-order valence-corrected chi connectivity index (χ1v) is 11.1. The van der Waals surface area contributed by atoms with E-state index in [0.717, 1.165) is 45.1 Å². The Morgan fingerprint density at radius 2 is 1.54 bits per heavy atom. The predicted molar refractivity (Wildman–Crippen MR) is 108 cm³/mol. The Morgan fingerprint density at radius 1 is 0.857 bits per heavy atom. The molecule has 7 nitrogen and oxygen atoms in total. The van der Waals surface area contributed by atoms with Crippen LogP contribution in [0.5, 0.6) is 0 Å². The fourth-order valence-corrected chi connectivity index (χ4v) is 4.78. The van der Waals surface area contributed by atoms with Gasteiger partial charge >= 0.3 is 0 Å². The predicted octanol–water partition coefficient (Wildman–Crippen LogP) is 1.23. The number of likely N-dealkylation sites (tertiary alicyclic amines) is 1. The molecular weight excluding hydrogens is 356 g/mol. The molecule has 1 atom stereocenters. The summed E-state index contributed by atoms with van der Waals surface area (Å²) in [6, 6.07) is -0.129. The van der Waals surface area contributed by atoms with E-state index in [2.05, 4.69) is 10.2 Å². The minimum Gasteiger partial charge on any atom is -0.353 e. The number of piperazine rings is 1. The van der Waals surface area contributed by atoms with Crippen LogP contribution in [0.4, 0.5) is 0 Å². The number of nitrogens with zero attached hydrogens (tertiary/aromatic N) is 3. The Kier molecular flexibility index (Phi) is 7.32. The van der Waals surface area contributed by atoms with Crippen LogP contribution < -0.4 is 5.32 Å². The molecule has 0 aromatic heterocycles. The van der Waals surface area contributed by atoms with Crippen molar-refractivity contribution < 1.29 is 14.4 Å². The summed E-state index contributed by atoms with van der Waals surface area (Å²) in [5.41, 5.74) is 0. The van der Waals surface area contributed by atoms with Gasteiger partial charge in [-0.15, -0.1) is 0 Å². The van der Waals surface area contributed by atoms with Crippen LogP contribution in [0.3, 0.4) is 0 Å². The number of hydrogen-bond acceptors (Lipinski definition) is 4. The summed E-state index contributed by atoms with van der Waals surface area (Å²) in [6.45, 7) is 7.70. The summed E-state index contributed by atoms with van der Waals surface area (Å²) in [7, 11) is 0. The monoisotopic (exact) mass is 392 g/mol. The Balaban J connectivity index is 1.50. The summed E-state index contributed by atoms with van der Waals surface area (Å²) in [6.07, 6.45) is 7.16. The smallest absolute Gasteiger partial charge is 0.245 e. The second-order valence-electron chi connectivity index (χ2n) is 8.85. The molecule has 1 aliphatic carbocycles. The van der Waals surface area contributed by atoms with Crippen molar-refractivity contribution in [3.05, 3.63) is 0 Å². The highest BCUT2D eigenvalue weighted by molar-refractivity contribution is 5.89. The fraction of sp³-hybridized carbons (Fsp3) is 0.857. The van der Waals surface area contributed by atoms with Crippen molar-refractivity contribution in [3.8, 4) is 0 Å². The van der Waals surface area contributed by atoms with Gasteiger partial charge in [0.25, 0.3) is 0 Å². The molecule has 0 spiro atoms. The summed E-state index contributed by atoms with van der Waals surface area (Å²) in [5, 5.41) is 2.91. The topological polar surface area (TPSA) is 73.0 Å². The Hall–Kier alpha value is -1.63. The minimum atomic E-state index is -0.273. The molecule has 2 saturated heterocycles. The summed E-state index contributed by atoms with van der Waals surface area (Å²) in [4.78, 5) is 43.9. The van der Waals surface area contributed by atoms with Crippen molar-refractivity contribution in [2.24, 2.45) is 5.92 Å². The number of hydrogen-bond donors (Lipinski definition) is 1.